The van der Waals surface area contributed by atoms with Crippen LogP contribution in [-0.4, -0.2) is 25.7 Å². The summed E-state index contributed by atoms with van der Waals surface area (Å²) in [5.74, 6) is 0.595. The maximum absolute atomic E-state index is 12.1. The van der Waals surface area contributed by atoms with E-state index in [2.05, 4.69) is 10.1 Å². The highest BCUT2D eigenvalue weighted by atomic mass is 19.3. The van der Waals surface area contributed by atoms with Gasteiger partial charge in [0, 0.05) is 6.54 Å². The molecule has 0 heterocycles. The number of carbonyl (C=O) groups is 1. The van der Waals surface area contributed by atoms with Crippen LogP contribution in [0.5, 0.6) is 11.5 Å². The Morgan fingerprint density at radius 1 is 1.12 bits per heavy atom. The highest BCUT2D eigenvalue weighted by molar-refractivity contribution is 5.77. The van der Waals surface area contributed by atoms with Crippen LogP contribution in [0.1, 0.15) is 16.7 Å². The van der Waals surface area contributed by atoms with E-state index in [4.69, 9.17) is 4.74 Å². The Morgan fingerprint density at radius 3 is 2.48 bits per heavy atom. The maximum Gasteiger partial charge on any atom is 0.387 e. The number of hydrogen-bond acceptors (Lipinski definition) is 3. The minimum Gasteiger partial charge on any atom is -0.484 e. The zero-order valence-corrected chi connectivity index (χ0v) is 14.2. The molecule has 25 heavy (non-hydrogen) atoms. The standard InChI is InChI=1S/C19H21F2NO3/c1-13-3-8-17(14(2)11-13)24-12-18(23)22-10-9-15-4-6-16(7-5-15)25-19(20)21/h3-8,11,19H,9-10,12H2,1-2H3,(H,22,23). The lowest BCUT2D eigenvalue weighted by atomic mass is 10.1. The summed E-state index contributed by atoms with van der Waals surface area (Å²) in [6.07, 6.45) is 0.588. The summed E-state index contributed by atoms with van der Waals surface area (Å²) in [6, 6.07) is 12.1. The fourth-order valence-electron chi connectivity index (χ4n) is 2.34. The van der Waals surface area contributed by atoms with E-state index in [1.165, 1.54) is 12.1 Å². The zero-order valence-electron chi connectivity index (χ0n) is 14.2. The molecule has 0 spiro atoms. The predicted molar refractivity (Wildman–Crippen MR) is 91.2 cm³/mol. The van der Waals surface area contributed by atoms with Gasteiger partial charge >= 0.3 is 6.61 Å². The first-order valence-electron chi connectivity index (χ1n) is 7.94. The Balaban J connectivity index is 1.71. The number of nitrogens with one attached hydrogen (secondary N) is 1. The Kier molecular flexibility index (Phi) is 6.74. The van der Waals surface area contributed by atoms with Gasteiger partial charge in [0.25, 0.3) is 5.91 Å². The average molecular weight is 349 g/mol. The third-order valence-electron chi connectivity index (χ3n) is 3.57. The molecule has 0 fully saturated rings. The van der Waals surface area contributed by atoms with E-state index in [1.54, 1.807) is 12.1 Å². The van der Waals surface area contributed by atoms with Gasteiger partial charge < -0.3 is 14.8 Å². The number of benzene rings is 2. The fourth-order valence-corrected chi connectivity index (χ4v) is 2.34. The molecule has 0 radical (unpaired) electrons. The van der Waals surface area contributed by atoms with Crippen molar-refractivity contribution >= 4 is 5.91 Å². The number of ether oxygens (including phenoxy) is 2. The number of hydrogen-bond donors (Lipinski definition) is 1. The second kappa shape index (κ2) is 9.01. The van der Waals surface area contributed by atoms with Gasteiger partial charge in [0.05, 0.1) is 0 Å². The SMILES string of the molecule is Cc1ccc(OCC(=O)NCCc2ccc(OC(F)F)cc2)c(C)c1. The van der Waals surface area contributed by atoms with Crippen LogP contribution in [0.4, 0.5) is 8.78 Å². The highest BCUT2D eigenvalue weighted by Gasteiger charge is 2.06. The molecule has 2 rings (SSSR count). The third-order valence-corrected chi connectivity index (χ3v) is 3.57. The number of halogens is 2. The summed E-state index contributed by atoms with van der Waals surface area (Å²) in [4.78, 5) is 11.8. The number of aryl methyl sites for hydroxylation is 2. The Labute approximate surface area is 145 Å². The molecule has 0 aromatic heterocycles. The Bertz CT molecular complexity index is 702. The summed E-state index contributed by atoms with van der Waals surface area (Å²) in [6.45, 7) is 1.48. The minimum absolute atomic E-state index is 0.0505. The molecule has 2 aromatic carbocycles. The van der Waals surface area contributed by atoms with Gasteiger partial charge in [-0.3, -0.25) is 4.79 Å². The fraction of sp³-hybridized carbons (Fsp3) is 0.316. The van der Waals surface area contributed by atoms with Gasteiger partial charge in [0.1, 0.15) is 11.5 Å². The van der Waals surface area contributed by atoms with E-state index in [-0.39, 0.29) is 18.3 Å². The van der Waals surface area contributed by atoms with E-state index in [0.717, 1.165) is 16.7 Å². The average Bonchev–Trinajstić information content (AvgIpc) is 2.55. The van der Waals surface area contributed by atoms with E-state index in [1.807, 2.05) is 32.0 Å². The van der Waals surface area contributed by atoms with Crippen LogP contribution in [0.3, 0.4) is 0 Å². The lowest BCUT2D eigenvalue weighted by molar-refractivity contribution is -0.123. The molecule has 6 heteroatoms. The molecule has 0 saturated heterocycles. The van der Waals surface area contributed by atoms with Gasteiger partial charge in [-0.2, -0.15) is 8.78 Å². The normalized spacial score (nSPS) is 10.6. The molecule has 2 aromatic rings. The minimum atomic E-state index is -2.83. The first kappa shape index (κ1) is 18.7. The third kappa shape index (κ3) is 6.41. The van der Waals surface area contributed by atoms with Crippen LogP contribution in [-0.2, 0) is 11.2 Å². The van der Waals surface area contributed by atoms with Gasteiger partial charge in [-0.25, -0.2) is 0 Å². The maximum atomic E-state index is 12.1. The number of carbonyl (C=O) groups excluding carboxylic acids is 1. The molecule has 0 bridgehead atoms. The lowest BCUT2D eigenvalue weighted by Gasteiger charge is -2.10. The van der Waals surface area contributed by atoms with Crippen LogP contribution < -0.4 is 14.8 Å². The number of alkyl halides is 2. The van der Waals surface area contributed by atoms with Crippen LogP contribution in [0.15, 0.2) is 42.5 Å². The molecule has 134 valence electrons. The van der Waals surface area contributed by atoms with Crippen LogP contribution in [0.2, 0.25) is 0 Å². The zero-order chi connectivity index (χ0) is 18.2. The van der Waals surface area contributed by atoms with Crippen molar-refractivity contribution in [3.63, 3.8) is 0 Å². The van der Waals surface area contributed by atoms with Gasteiger partial charge in [0.15, 0.2) is 6.61 Å². The molecule has 0 unspecified atom stereocenters. The van der Waals surface area contributed by atoms with Crippen molar-refractivity contribution < 1.29 is 23.0 Å². The van der Waals surface area contributed by atoms with Gasteiger partial charge in [-0.15, -0.1) is 0 Å². The summed E-state index contributed by atoms with van der Waals surface area (Å²) in [7, 11) is 0. The first-order chi connectivity index (χ1) is 11.9. The molecule has 0 saturated carbocycles. The van der Waals surface area contributed by atoms with E-state index >= 15 is 0 Å². The van der Waals surface area contributed by atoms with Crippen molar-refractivity contribution in [2.24, 2.45) is 0 Å². The van der Waals surface area contributed by atoms with Crippen molar-refractivity contribution in [1.82, 2.24) is 5.32 Å². The molecule has 1 N–H and O–H groups in total. The number of amides is 1. The molecule has 0 aliphatic rings. The second-order valence-corrected chi connectivity index (χ2v) is 5.68. The van der Waals surface area contributed by atoms with Crippen molar-refractivity contribution in [3.8, 4) is 11.5 Å². The molecule has 0 aliphatic carbocycles. The van der Waals surface area contributed by atoms with Crippen LogP contribution in [0, 0.1) is 13.8 Å². The topological polar surface area (TPSA) is 47.6 Å². The van der Waals surface area contributed by atoms with Crippen LogP contribution >= 0.6 is 0 Å². The van der Waals surface area contributed by atoms with E-state index in [0.29, 0.717) is 18.7 Å². The van der Waals surface area contributed by atoms with Crippen molar-refractivity contribution in [2.75, 3.05) is 13.2 Å². The summed E-state index contributed by atoms with van der Waals surface area (Å²) >= 11 is 0. The van der Waals surface area contributed by atoms with Crippen molar-refractivity contribution in [2.45, 2.75) is 26.9 Å². The van der Waals surface area contributed by atoms with Crippen molar-refractivity contribution in [1.29, 1.82) is 0 Å². The lowest BCUT2D eigenvalue weighted by Crippen LogP contribution is -2.30. The highest BCUT2D eigenvalue weighted by Crippen LogP contribution is 2.18. The largest absolute Gasteiger partial charge is 0.484 e. The van der Waals surface area contributed by atoms with Crippen LogP contribution in [0.25, 0.3) is 0 Å². The summed E-state index contributed by atoms with van der Waals surface area (Å²) in [5.41, 5.74) is 3.04. The predicted octanol–water partition coefficient (Wildman–Crippen LogP) is 3.64. The Hall–Kier alpha value is -2.63. The van der Waals surface area contributed by atoms with E-state index in [9.17, 15) is 13.6 Å². The molecule has 4 nitrogen and oxygen atoms in total. The molecular formula is C19H21F2NO3. The molecule has 0 atom stereocenters. The van der Waals surface area contributed by atoms with Crippen molar-refractivity contribution in [3.05, 3.63) is 59.2 Å². The molecule has 0 aliphatic heterocycles. The summed E-state index contributed by atoms with van der Waals surface area (Å²) < 4.78 is 33.9. The summed E-state index contributed by atoms with van der Waals surface area (Å²) in [5, 5.41) is 2.76. The monoisotopic (exact) mass is 349 g/mol. The number of rotatable bonds is 8. The smallest absolute Gasteiger partial charge is 0.387 e. The Morgan fingerprint density at radius 2 is 1.84 bits per heavy atom. The van der Waals surface area contributed by atoms with E-state index < -0.39 is 6.61 Å². The molecular weight excluding hydrogens is 328 g/mol. The van der Waals surface area contributed by atoms with Gasteiger partial charge in [0.2, 0.25) is 0 Å². The molecule has 1 amide bonds. The quantitative estimate of drug-likeness (QED) is 0.791. The first-order valence-corrected chi connectivity index (χ1v) is 7.94. The second-order valence-electron chi connectivity index (χ2n) is 5.68. The van der Waals surface area contributed by atoms with Gasteiger partial charge in [-0.05, 0) is 49.6 Å². The van der Waals surface area contributed by atoms with Gasteiger partial charge in [-0.1, -0.05) is 29.8 Å².